The van der Waals surface area contributed by atoms with Crippen LogP contribution in [0.2, 0.25) is 0 Å². The van der Waals surface area contributed by atoms with E-state index in [1.807, 2.05) is 72.5 Å². The average Bonchev–Trinajstić information content (AvgIpc) is 2.82. The quantitative estimate of drug-likeness (QED) is 0.356. The van der Waals surface area contributed by atoms with Crippen molar-refractivity contribution in [2.24, 2.45) is 5.92 Å². The van der Waals surface area contributed by atoms with Gasteiger partial charge in [-0.2, -0.15) is 0 Å². The first-order chi connectivity index (χ1) is 16.0. The molecule has 1 saturated carbocycles. The summed E-state index contributed by atoms with van der Waals surface area (Å²) in [6.45, 7) is 6.94. The van der Waals surface area contributed by atoms with Gasteiger partial charge >= 0.3 is 0 Å². The van der Waals surface area contributed by atoms with E-state index in [4.69, 9.17) is 9.47 Å². The molecule has 1 N–H and O–H groups in total. The number of rotatable bonds is 9. The van der Waals surface area contributed by atoms with E-state index in [1.54, 1.807) is 6.08 Å². The molecule has 176 valence electrons. The summed E-state index contributed by atoms with van der Waals surface area (Å²) in [5.74, 6) is -0.367. The molecular formula is C26H32N2O5. The Morgan fingerprint density at radius 1 is 1.06 bits per heavy atom. The molecular weight excluding hydrogens is 420 g/mol. The number of nitrogens with zero attached hydrogens (tertiary/aromatic N) is 2. The van der Waals surface area contributed by atoms with Crippen LogP contribution in [0.25, 0.3) is 0 Å². The first-order valence-electron chi connectivity index (χ1n) is 11.5. The molecule has 2 fully saturated rings. The minimum atomic E-state index is -1.07. The molecule has 0 aromatic heterocycles. The molecule has 2 aliphatic rings. The third-order valence-electron chi connectivity index (χ3n) is 6.94. The van der Waals surface area contributed by atoms with Crippen molar-refractivity contribution in [1.82, 2.24) is 4.90 Å². The van der Waals surface area contributed by atoms with E-state index in [-0.39, 0.29) is 16.9 Å². The summed E-state index contributed by atoms with van der Waals surface area (Å²) in [6.07, 6.45) is -0.0150. The summed E-state index contributed by atoms with van der Waals surface area (Å²) in [5.41, 5.74) is 1.95. The van der Waals surface area contributed by atoms with E-state index in [1.165, 1.54) is 0 Å². The van der Waals surface area contributed by atoms with E-state index in [9.17, 15) is 15.2 Å². The first-order valence-corrected chi connectivity index (χ1v) is 11.5. The second kappa shape index (κ2) is 10.6. The molecule has 1 aliphatic carbocycles. The van der Waals surface area contributed by atoms with Crippen LogP contribution in [0.3, 0.4) is 0 Å². The molecule has 2 aromatic carbocycles. The van der Waals surface area contributed by atoms with Crippen LogP contribution in [-0.2, 0) is 22.7 Å². The van der Waals surface area contributed by atoms with Crippen LogP contribution in [-0.4, -0.2) is 57.9 Å². The van der Waals surface area contributed by atoms with Gasteiger partial charge in [0.25, 0.3) is 0 Å². The Morgan fingerprint density at radius 2 is 1.61 bits per heavy atom. The molecule has 7 nitrogen and oxygen atoms in total. The molecule has 1 saturated heterocycles. The Kier molecular flexibility index (Phi) is 7.55. The molecule has 1 heterocycles. The molecule has 0 radical (unpaired) electrons. The van der Waals surface area contributed by atoms with Crippen molar-refractivity contribution in [3.05, 3.63) is 94.6 Å². The van der Waals surface area contributed by atoms with Crippen molar-refractivity contribution in [3.63, 3.8) is 0 Å². The summed E-state index contributed by atoms with van der Waals surface area (Å²) in [7, 11) is 0. The van der Waals surface area contributed by atoms with Crippen molar-refractivity contribution >= 4 is 0 Å². The Hall–Kier alpha value is -2.58. The Balaban J connectivity index is 1.64. The maximum absolute atomic E-state index is 12.2. The van der Waals surface area contributed by atoms with Gasteiger partial charge in [0.15, 0.2) is 0 Å². The number of benzene rings is 2. The van der Waals surface area contributed by atoms with Crippen molar-refractivity contribution in [1.29, 1.82) is 0 Å². The maximum Gasteiger partial charge on any atom is 0.236 e. The van der Waals surface area contributed by atoms with Gasteiger partial charge in [-0.15, -0.1) is 6.58 Å². The van der Waals surface area contributed by atoms with Crippen LogP contribution in [0.1, 0.15) is 24.5 Å². The van der Waals surface area contributed by atoms with Gasteiger partial charge in [-0.25, -0.2) is 0 Å². The van der Waals surface area contributed by atoms with Gasteiger partial charge in [0.05, 0.1) is 25.2 Å². The van der Waals surface area contributed by atoms with Gasteiger partial charge in [0.1, 0.15) is 18.2 Å². The number of aliphatic hydroxyl groups is 1. The van der Waals surface area contributed by atoms with E-state index in [0.717, 1.165) is 11.1 Å². The zero-order valence-electron chi connectivity index (χ0n) is 18.9. The number of ether oxygens (including phenoxy) is 2. The van der Waals surface area contributed by atoms with Gasteiger partial charge in [0, 0.05) is 17.5 Å². The Bertz CT molecular complexity index is 925. The molecule has 0 spiro atoms. The lowest BCUT2D eigenvalue weighted by Gasteiger charge is -2.54. The van der Waals surface area contributed by atoms with Crippen molar-refractivity contribution < 1.29 is 19.5 Å². The third-order valence-corrected chi connectivity index (χ3v) is 6.94. The first kappa shape index (κ1) is 23.6. The lowest BCUT2D eigenvalue weighted by molar-refractivity contribution is -0.557. The van der Waals surface area contributed by atoms with Crippen molar-refractivity contribution in [2.45, 2.75) is 63.0 Å². The number of fused-ring (bicyclic) bond motifs is 2. The second-order valence-electron chi connectivity index (χ2n) is 9.01. The SMILES string of the molecule is C=CCN1[C@@H]2[C@@H](O)[C@@H](OCc3ccccc3)[C@@H](OCc3ccccc3)[C@H](C[C@@H]1C)[C@@H]2[N+](=O)[O-]. The lowest BCUT2D eigenvalue weighted by Crippen LogP contribution is -2.73. The highest BCUT2D eigenvalue weighted by atomic mass is 16.6. The van der Waals surface area contributed by atoms with Crippen LogP contribution < -0.4 is 0 Å². The predicted octanol–water partition coefficient (Wildman–Crippen LogP) is 3.44. The normalized spacial score (nSPS) is 31.8. The summed E-state index contributed by atoms with van der Waals surface area (Å²) in [5, 5.41) is 23.7. The molecule has 2 bridgehead atoms. The van der Waals surface area contributed by atoms with Crippen LogP contribution in [0, 0.1) is 16.0 Å². The highest BCUT2D eigenvalue weighted by Gasteiger charge is 2.62. The second-order valence-corrected chi connectivity index (χ2v) is 9.01. The lowest BCUT2D eigenvalue weighted by atomic mass is 9.68. The molecule has 7 atom stereocenters. The van der Waals surface area contributed by atoms with Gasteiger partial charge in [-0.05, 0) is 24.5 Å². The Labute approximate surface area is 194 Å². The fourth-order valence-electron chi connectivity index (χ4n) is 5.45. The van der Waals surface area contributed by atoms with Crippen LogP contribution in [0.4, 0.5) is 0 Å². The van der Waals surface area contributed by atoms with Crippen molar-refractivity contribution in [3.8, 4) is 0 Å². The highest BCUT2D eigenvalue weighted by Crippen LogP contribution is 2.42. The number of hydrogen-bond donors (Lipinski definition) is 1. The molecule has 7 heteroatoms. The topological polar surface area (TPSA) is 85.1 Å². The molecule has 33 heavy (non-hydrogen) atoms. The number of aliphatic hydroxyl groups excluding tert-OH is 1. The zero-order chi connectivity index (χ0) is 23.4. The number of nitro groups is 1. The van der Waals surface area contributed by atoms with Gasteiger partial charge in [-0.3, -0.25) is 15.0 Å². The molecule has 0 amide bonds. The zero-order valence-corrected chi connectivity index (χ0v) is 18.9. The van der Waals surface area contributed by atoms with E-state index in [0.29, 0.717) is 26.2 Å². The van der Waals surface area contributed by atoms with E-state index >= 15 is 0 Å². The Morgan fingerprint density at radius 3 is 2.12 bits per heavy atom. The largest absolute Gasteiger partial charge is 0.388 e. The smallest absolute Gasteiger partial charge is 0.236 e. The number of piperidine rings is 1. The van der Waals surface area contributed by atoms with Gasteiger partial charge in [0.2, 0.25) is 6.04 Å². The van der Waals surface area contributed by atoms with Crippen molar-refractivity contribution in [2.75, 3.05) is 6.54 Å². The van der Waals surface area contributed by atoms with Crippen LogP contribution >= 0.6 is 0 Å². The molecule has 4 rings (SSSR count). The summed E-state index contributed by atoms with van der Waals surface area (Å²) in [6, 6.07) is 17.9. The fourth-order valence-corrected chi connectivity index (χ4v) is 5.45. The number of hydrogen-bond acceptors (Lipinski definition) is 6. The summed E-state index contributed by atoms with van der Waals surface area (Å²) in [4.78, 5) is 14.0. The summed E-state index contributed by atoms with van der Waals surface area (Å²) >= 11 is 0. The van der Waals surface area contributed by atoms with Crippen LogP contribution in [0.15, 0.2) is 73.3 Å². The third kappa shape index (κ3) is 5.01. The molecule has 2 aromatic rings. The monoisotopic (exact) mass is 452 g/mol. The maximum atomic E-state index is 12.2. The number of likely N-dealkylation sites (tertiary alicyclic amines) is 1. The van der Waals surface area contributed by atoms with Gasteiger partial charge in [-0.1, -0.05) is 66.7 Å². The van der Waals surface area contributed by atoms with Gasteiger partial charge < -0.3 is 14.6 Å². The standard InChI is InChI=1S/C26H32N2O5/c1-3-14-27-18(2)15-21-22(28(30)31)23(27)24(29)26(33-17-20-12-8-5-9-13-20)25(21)32-16-19-10-6-4-7-11-19/h3-13,18,21-26,29H,1,14-17H2,2H3/t18-,21+,22-,23-,24+,25-,26+/m0/s1. The van der Waals surface area contributed by atoms with Crippen LogP contribution in [0.5, 0.6) is 0 Å². The average molecular weight is 453 g/mol. The fraction of sp³-hybridized carbons (Fsp3) is 0.462. The van der Waals surface area contributed by atoms with E-state index in [2.05, 4.69) is 6.58 Å². The molecule has 0 unspecified atom stereocenters. The summed E-state index contributed by atoms with van der Waals surface area (Å²) < 4.78 is 12.6. The minimum Gasteiger partial charge on any atom is -0.388 e. The minimum absolute atomic E-state index is 0.0572. The van der Waals surface area contributed by atoms with E-state index < -0.39 is 30.4 Å². The predicted molar refractivity (Wildman–Crippen MR) is 125 cm³/mol. The molecule has 1 aliphatic heterocycles. The highest BCUT2D eigenvalue weighted by molar-refractivity contribution is 5.16.